The first-order valence-electron chi connectivity index (χ1n) is 6.14. The first-order valence-corrected chi connectivity index (χ1v) is 6.14. The van der Waals surface area contributed by atoms with E-state index in [4.69, 9.17) is 9.26 Å². The predicted molar refractivity (Wildman–Crippen MR) is 73.3 cm³/mol. The van der Waals surface area contributed by atoms with Crippen LogP contribution in [0.2, 0.25) is 0 Å². The lowest BCUT2D eigenvalue weighted by Gasteiger charge is -2.02. The molecule has 0 spiro atoms. The van der Waals surface area contributed by atoms with Crippen LogP contribution >= 0.6 is 0 Å². The summed E-state index contributed by atoms with van der Waals surface area (Å²) in [5.41, 5.74) is 1.02. The number of hydrogen-bond donors (Lipinski definition) is 1. The van der Waals surface area contributed by atoms with Crippen molar-refractivity contribution in [1.82, 2.24) is 10.1 Å². The predicted octanol–water partition coefficient (Wildman–Crippen LogP) is 3.26. The Labute approximate surface area is 119 Å². The number of phenolic OH excluding ortho intramolecular Hbond substituents is 1. The van der Waals surface area contributed by atoms with Crippen molar-refractivity contribution in [3.63, 3.8) is 0 Å². The number of halogens is 1. The monoisotopic (exact) mass is 286 g/mol. The van der Waals surface area contributed by atoms with Gasteiger partial charge in [0.2, 0.25) is 5.82 Å². The number of aromatic nitrogens is 2. The van der Waals surface area contributed by atoms with Crippen molar-refractivity contribution in [2.45, 2.75) is 0 Å². The summed E-state index contributed by atoms with van der Waals surface area (Å²) in [4.78, 5) is 4.20. The molecule has 1 N–H and O–H groups in total. The van der Waals surface area contributed by atoms with E-state index in [1.54, 1.807) is 24.3 Å². The molecular formula is C15H11FN2O3. The summed E-state index contributed by atoms with van der Waals surface area (Å²) < 4.78 is 23.0. The summed E-state index contributed by atoms with van der Waals surface area (Å²) in [6, 6.07) is 10.5. The smallest absolute Gasteiger partial charge is 0.262 e. The number of ether oxygens (including phenoxy) is 1. The Kier molecular flexibility index (Phi) is 3.27. The van der Waals surface area contributed by atoms with Gasteiger partial charge in [-0.15, -0.1) is 0 Å². The van der Waals surface area contributed by atoms with Gasteiger partial charge in [0, 0.05) is 11.6 Å². The van der Waals surface area contributed by atoms with E-state index in [1.165, 1.54) is 25.3 Å². The van der Waals surface area contributed by atoms with Gasteiger partial charge in [0.25, 0.3) is 5.89 Å². The van der Waals surface area contributed by atoms with Crippen LogP contribution in [0.1, 0.15) is 0 Å². The van der Waals surface area contributed by atoms with Crippen LogP contribution in [-0.2, 0) is 0 Å². The zero-order valence-electron chi connectivity index (χ0n) is 11.1. The highest BCUT2D eigenvalue weighted by Crippen LogP contribution is 2.32. The lowest BCUT2D eigenvalue weighted by atomic mass is 10.2. The lowest BCUT2D eigenvalue weighted by Crippen LogP contribution is -1.85. The molecule has 0 unspecified atom stereocenters. The van der Waals surface area contributed by atoms with Crippen molar-refractivity contribution in [2.75, 3.05) is 7.11 Å². The average molecular weight is 286 g/mol. The molecule has 106 valence electrons. The molecule has 1 aromatic heterocycles. The molecule has 0 amide bonds. The molecule has 0 aliphatic rings. The fourth-order valence-corrected chi connectivity index (χ4v) is 1.87. The third-order valence-corrected chi connectivity index (χ3v) is 2.96. The first-order chi connectivity index (χ1) is 10.2. The maximum absolute atomic E-state index is 12.9. The summed E-state index contributed by atoms with van der Waals surface area (Å²) in [7, 11) is 1.51. The van der Waals surface area contributed by atoms with Crippen LogP contribution in [0.5, 0.6) is 11.5 Å². The molecule has 21 heavy (non-hydrogen) atoms. The highest BCUT2D eigenvalue weighted by Gasteiger charge is 2.14. The van der Waals surface area contributed by atoms with E-state index in [0.717, 1.165) is 0 Å². The Morgan fingerprint density at radius 3 is 2.57 bits per heavy atom. The Balaban J connectivity index is 1.96. The van der Waals surface area contributed by atoms with Gasteiger partial charge >= 0.3 is 0 Å². The van der Waals surface area contributed by atoms with Crippen LogP contribution in [0, 0.1) is 5.82 Å². The normalized spacial score (nSPS) is 10.6. The summed E-state index contributed by atoms with van der Waals surface area (Å²) >= 11 is 0. The van der Waals surface area contributed by atoms with E-state index in [1.807, 2.05) is 0 Å². The number of benzene rings is 2. The van der Waals surface area contributed by atoms with Crippen LogP contribution in [0.4, 0.5) is 4.39 Å². The molecule has 1 heterocycles. The van der Waals surface area contributed by atoms with Crippen LogP contribution in [-0.4, -0.2) is 22.4 Å². The highest BCUT2D eigenvalue weighted by molar-refractivity contribution is 5.66. The third kappa shape index (κ3) is 2.55. The molecule has 2 aromatic carbocycles. The Morgan fingerprint density at radius 2 is 1.90 bits per heavy atom. The Hall–Kier alpha value is -2.89. The topological polar surface area (TPSA) is 68.4 Å². The number of hydrogen-bond acceptors (Lipinski definition) is 5. The van der Waals surface area contributed by atoms with Gasteiger partial charge in [0.15, 0.2) is 0 Å². The van der Waals surface area contributed by atoms with Crippen molar-refractivity contribution < 1.29 is 18.8 Å². The van der Waals surface area contributed by atoms with Crippen molar-refractivity contribution >= 4 is 0 Å². The van der Waals surface area contributed by atoms with E-state index in [2.05, 4.69) is 10.1 Å². The van der Waals surface area contributed by atoms with Gasteiger partial charge in [-0.1, -0.05) is 5.16 Å². The minimum absolute atomic E-state index is 0.0244. The maximum Gasteiger partial charge on any atom is 0.262 e. The molecule has 0 aliphatic carbocycles. The number of rotatable bonds is 3. The molecule has 3 aromatic rings. The minimum atomic E-state index is -0.338. The van der Waals surface area contributed by atoms with Gasteiger partial charge in [-0.25, -0.2) is 4.39 Å². The van der Waals surface area contributed by atoms with Gasteiger partial charge < -0.3 is 14.4 Å². The zero-order chi connectivity index (χ0) is 14.8. The van der Waals surface area contributed by atoms with E-state index in [9.17, 15) is 9.50 Å². The number of phenols is 1. The second kappa shape index (κ2) is 5.24. The summed E-state index contributed by atoms with van der Waals surface area (Å²) in [6.07, 6.45) is 0. The molecule has 0 bridgehead atoms. The molecule has 6 heteroatoms. The second-order valence-corrected chi connectivity index (χ2v) is 4.31. The van der Waals surface area contributed by atoms with Crippen LogP contribution in [0.3, 0.4) is 0 Å². The fourth-order valence-electron chi connectivity index (χ4n) is 1.87. The Morgan fingerprint density at radius 1 is 1.14 bits per heavy atom. The van der Waals surface area contributed by atoms with E-state index in [-0.39, 0.29) is 17.5 Å². The minimum Gasteiger partial charge on any atom is -0.507 e. The van der Waals surface area contributed by atoms with E-state index in [0.29, 0.717) is 22.7 Å². The summed E-state index contributed by atoms with van der Waals surface area (Å²) in [5.74, 6) is 0.656. The highest BCUT2D eigenvalue weighted by atomic mass is 19.1. The zero-order valence-corrected chi connectivity index (χ0v) is 11.1. The molecule has 5 nitrogen and oxygen atoms in total. The SMILES string of the molecule is COc1ccc(-c2nc(-c3ccc(F)cc3)no2)c(O)c1. The lowest BCUT2D eigenvalue weighted by molar-refractivity contribution is 0.405. The summed E-state index contributed by atoms with van der Waals surface area (Å²) in [5, 5.41) is 13.8. The molecule has 0 saturated heterocycles. The van der Waals surface area contributed by atoms with E-state index >= 15 is 0 Å². The fraction of sp³-hybridized carbons (Fsp3) is 0.0667. The van der Waals surface area contributed by atoms with Crippen LogP contribution < -0.4 is 4.74 Å². The second-order valence-electron chi connectivity index (χ2n) is 4.31. The largest absolute Gasteiger partial charge is 0.507 e. The quantitative estimate of drug-likeness (QED) is 0.800. The average Bonchev–Trinajstić information content (AvgIpc) is 2.97. The van der Waals surface area contributed by atoms with Gasteiger partial charge in [-0.05, 0) is 36.4 Å². The molecular weight excluding hydrogens is 275 g/mol. The van der Waals surface area contributed by atoms with E-state index < -0.39 is 0 Å². The third-order valence-electron chi connectivity index (χ3n) is 2.96. The number of methoxy groups -OCH3 is 1. The molecule has 0 saturated carbocycles. The van der Waals surface area contributed by atoms with Crippen LogP contribution in [0.25, 0.3) is 22.8 Å². The van der Waals surface area contributed by atoms with Gasteiger partial charge in [-0.2, -0.15) is 4.98 Å². The Bertz CT molecular complexity index is 769. The molecule has 0 radical (unpaired) electrons. The molecule has 3 rings (SSSR count). The van der Waals surface area contributed by atoms with Crippen molar-refractivity contribution in [3.05, 3.63) is 48.3 Å². The van der Waals surface area contributed by atoms with Crippen molar-refractivity contribution in [3.8, 4) is 34.3 Å². The first kappa shape index (κ1) is 13.1. The number of nitrogens with zero attached hydrogens (tertiary/aromatic N) is 2. The van der Waals surface area contributed by atoms with Crippen molar-refractivity contribution in [2.24, 2.45) is 0 Å². The van der Waals surface area contributed by atoms with Crippen LogP contribution in [0.15, 0.2) is 47.0 Å². The maximum atomic E-state index is 12.9. The molecule has 0 atom stereocenters. The van der Waals surface area contributed by atoms with Gasteiger partial charge in [-0.3, -0.25) is 0 Å². The van der Waals surface area contributed by atoms with Gasteiger partial charge in [0.1, 0.15) is 17.3 Å². The van der Waals surface area contributed by atoms with Gasteiger partial charge in [0.05, 0.1) is 12.7 Å². The molecule has 0 aliphatic heterocycles. The number of aromatic hydroxyl groups is 1. The molecule has 0 fully saturated rings. The standard InChI is InChI=1S/C15H11FN2O3/c1-20-11-6-7-12(13(19)8-11)15-17-14(18-21-15)9-2-4-10(16)5-3-9/h2-8,19H,1H3. The summed E-state index contributed by atoms with van der Waals surface area (Å²) in [6.45, 7) is 0. The van der Waals surface area contributed by atoms with Crippen molar-refractivity contribution in [1.29, 1.82) is 0 Å².